The van der Waals surface area contributed by atoms with Crippen molar-refractivity contribution in [3.63, 3.8) is 0 Å². The molecule has 0 fully saturated rings. The molecule has 1 amide bonds. The summed E-state index contributed by atoms with van der Waals surface area (Å²) in [5.41, 5.74) is 3.60. The van der Waals surface area contributed by atoms with Crippen molar-refractivity contribution >= 4 is 23.4 Å². The number of aromatic nitrogens is 2. The minimum atomic E-state index is -0.270. The SMILES string of the molecule is Cc1ccccc1NC(=O)CSc1ncc(-c2ccc(F)cc2)n1C. The molecule has 128 valence electrons. The highest BCUT2D eigenvalue weighted by Gasteiger charge is 2.12. The van der Waals surface area contributed by atoms with Crippen LogP contribution in [-0.2, 0) is 11.8 Å². The van der Waals surface area contributed by atoms with Crippen molar-refractivity contribution in [3.8, 4) is 11.3 Å². The molecule has 0 saturated carbocycles. The molecule has 0 radical (unpaired) electrons. The number of para-hydroxylation sites is 1. The van der Waals surface area contributed by atoms with E-state index in [4.69, 9.17) is 0 Å². The fourth-order valence-electron chi connectivity index (χ4n) is 2.45. The summed E-state index contributed by atoms with van der Waals surface area (Å²) < 4.78 is 15.0. The van der Waals surface area contributed by atoms with Crippen LogP contribution in [0.15, 0.2) is 59.9 Å². The van der Waals surface area contributed by atoms with E-state index in [9.17, 15) is 9.18 Å². The van der Waals surface area contributed by atoms with Crippen LogP contribution in [0, 0.1) is 12.7 Å². The zero-order valence-corrected chi connectivity index (χ0v) is 14.8. The molecule has 4 nitrogen and oxygen atoms in total. The third kappa shape index (κ3) is 4.09. The molecule has 25 heavy (non-hydrogen) atoms. The highest BCUT2D eigenvalue weighted by Crippen LogP contribution is 2.25. The van der Waals surface area contributed by atoms with Gasteiger partial charge in [-0.25, -0.2) is 9.37 Å². The average molecular weight is 355 g/mol. The molecule has 0 aliphatic rings. The average Bonchev–Trinajstić information content (AvgIpc) is 2.97. The Hall–Kier alpha value is -2.60. The van der Waals surface area contributed by atoms with Crippen molar-refractivity contribution in [1.29, 1.82) is 0 Å². The lowest BCUT2D eigenvalue weighted by Crippen LogP contribution is -2.15. The number of benzene rings is 2. The number of rotatable bonds is 5. The van der Waals surface area contributed by atoms with E-state index in [2.05, 4.69) is 10.3 Å². The minimum absolute atomic E-state index is 0.0781. The number of nitrogens with zero attached hydrogens (tertiary/aromatic N) is 2. The van der Waals surface area contributed by atoms with Crippen molar-refractivity contribution in [2.24, 2.45) is 7.05 Å². The number of hydrogen-bond donors (Lipinski definition) is 1. The van der Waals surface area contributed by atoms with Crippen LogP contribution in [0.2, 0.25) is 0 Å². The maximum absolute atomic E-state index is 13.1. The second-order valence-electron chi connectivity index (χ2n) is 5.64. The van der Waals surface area contributed by atoms with Gasteiger partial charge in [0.15, 0.2) is 5.16 Å². The van der Waals surface area contributed by atoms with Gasteiger partial charge in [0, 0.05) is 12.7 Å². The van der Waals surface area contributed by atoms with Gasteiger partial charge in [-0.3, -0.25) is 4.79 Å². The lowest BCUT2D eigenvalue weighted by atomic mass is 10.2. The van der Waals surface area contributed by atoms with E-state index in [0.717, 1.165) is 27.7 Å². The number of nitrogens with one attached hydrogen (secondary N) is 1. The first kappa shape index (κ1) is 17.2. The van der Waals surface area contributed by atoms with Gasteiger partial charge in [-0.15, -0.1) is 0 Å². The molecule has 1 aromatic heterocycles. The number of imidazole rings is 1. The van der Waals surface area contributed by atoms with E-state index in [1.54, 1.807) is 18.3 Å². The van der Waals surface area contributed by atoms with Gasteiger partial charge in [-0.05, 0) is 48.4 Å². The first-order valence-electron chi connectivity index (χ1n) is 7.80. The van der Waals surface area contributed by atoms with Gasteiger partial charge in [0.25, 0.3) is 0 Å². The lowest BCUT2D eigenvalue weighted by Gasteiger charge is -2.08. The van der Waals surface area contributed by atoms with E-state index in [-0.39, 0.29) is 17.5 Å². The van der Waals surface area contributed by atoms with Crippen LogP contribution in [-0.4, -0.2) is 21.2 Å². The highest BCUT2D eigenvalue weighted by molar-refractivity contribution is 7.99. The number of hydrogen-bond acceptors (Lipinski definition) is 3. The third-order valence-corrected chi connectivity index (χ3v) is 4.88. The quantitative estimate of drug-likeness (QED) is 0.696. The molecule has 0 unspecified atom stereocenters. The number of amides is 1. The number of thioether (sulfide) groups is 1. The van der Waals surface area contributed by atoms with E-state index in [1.807, 2.05) is 42.8 Å². The Balaban J connectivity index is 1.65. The van der Waals surface area contributed by atoms with Crippen molar-refractivity contribution in [2.45, 2.75) is 12.1 Å². The molecule has 1 heterocycles. The standard InChI is InChI=1S/C19H18FN3OS/c1-13-5-3-4-6-16(13)22-18(24)12-25-19-21-11-17(23(19)2)14-7-9-15(20)10-8-14/h3-11H,12H2,1-2H3,(H,22,24). The van der Waals surface area contributed by atoms with Gasteiger partial charge >= 0.3 is 0 Å². The van der Waals surface area contributed by atoms with Crippen LogP contribution in [0.4, 0.5) is 10.1 Å². The van der Waals surface area contributed by atoms with Gasteiger partial charge in [-0.1, -0.05) is 30.0 Å². The highest BCUT2D eigenvalue weighted by atomic mass is 32.2. The second kappa shape index (κ2) is 7.53. The molecule has 0 aliphatic heterocycles. The van der Waals surface area contributed by atoms with E-state index >= 15 is 0 Å². The summed E-state index contributed by atoms with van der Waals surface area (Å²) in [6.45, 7) is 1.95. The molecule has 2 aromatic carbocycles. The van der Waals surface area contributed by atoms with Crippen LogP contribution < -0.4 is 5.32 Å². The molecule has 3 aromatic rings. The van der Waals surface area contributed by atoms with Crippen LogP contribution in [0.5, 0.6) is 0 Å². The maximum Gasteiger partial charge on any atom is 0.234 e. The van der Waals surface area contributed by atoms with E-state index in [1.165, 1.54) is 23.9 Å². The van der Waals surface area contributed by atoms with Gasteiger partial charge in [0.2, 0.25) is 5.91 Å². The molecular weight excluding hydrogens is 337 g/mol. The second-order valence-corrected chi connectivity index (χ2v) is 6.59. The molecule has 1 N–H and O–H groups in total. The lowest BCUT2D eigenvalue weighted by molar-refractivity contribution is -0.113. The number of anilines is 1. The summed E-state index contributed by atoms with van der Waals surface area (Å²) in [6, 6.07) is 13.9. The fraction of sp³-hybridized carbons (Fsp3) is 0.158. The summed E-state index contributed by atoms with van der Waals surface area (Å²) in [5, 5.41) is 3.64. The molecular formula is C19H18FN3OS. The zero-order valence-electron chi connectivity index (χ0n) is 14.0. The van der Waals surface area contributed by atoms with Crippen LogP contribution in [0.3, 0.4) is 0 Å². The first-order valence-corrected chi connectivity index (χ1v) is 8.79. The molecule has 0 spiro atoms. The third-order valence-electron chi connectivity index (χ3n) is 3.84. The first-order chi connectivity index (χ1) is 12.0. The fourth-order valence-corrected chi connectivity index (χ4v) is 3.20. The number of carbonyl (C=O) groups excluding carboxylic acids is 1. The molecule has 3 rings (SSSR count). The van der Waals surface area contributed by atoms with Gasteiger partial charge in [0.05, 0.1) is 17.6 Å². The Bertz CT molecular complexity index is 890. The summed E-state index contributed by atoms with van der Waals surface area (Å²) >= 11 is 1.36. The van der Waals surface area contributed by atoms with Crippen LogP contribution >= 0.6 is 11.8 Å². The molecule has 0 aliphatic carbocycles. The summed E-state index contributed by atoms with van der Waals surface area (Å²) in [5.74, 6) is -0.0822. The number of carbonyl (C=O) groups is 1. The Labute approximate surface area is 150 Å². The molecule has 0 bridgehead atoms. The molecule has 0 atom stereocenters. The monoisotopic (exact) mass is 355 g/mol. The van der Waals surface area contributed by atoms with Crippen molar-refractivity contribution in [2.75, 3.05) is 11.1 Å². The molecule has 0 saturated heterocycles. The Morgan fingerprint density at radius 2 is 1.92 bits per heavy atom. The van der Waals surface area contributed by atoms with Gasteiger partial charge in [0.1, 0.15) is 5.82 Å². The number of aryl methyl sites for hydroxylation is 1. The van der Waals surface area contributed by atoms with Gasteiger partial charge in [-0.2, -0.15) is 0 Å². The largest absolute Gasteiger partial charge is 0.325 e. The van der Waals surface area contributed by atoms with Crippen molar-refractivity contribution < 1.29 is 9.18 Å². The van der Waals surface area contributed by atoms with E-state index < -0.39 is 0 Å². The summed E-state index contributed by atoms with van der Waals surface area (Å²) in [7, 11) is 1.88. The zero-order chi connectivity index (χ0) is 17.8. The Kier molecular flexibility index (Phi) is 5.19. The predicted molar refractivity (Wildman–Crippen MR) is 99.1 cm³/mol. The summed E-state index contributed by atoms with van der Waals surface area (Å²) in [4.78, 5) is 16.5. The van der Waals surface area contributed by atoms with Crippen molar-refractivity contribution in [3.05, 3.63) is 66.1 Å². The van der Waals surface area contributed by atoms with Crippen LogP contribution in [0.25, 0.3) is 11.3 Å². The molecule has 6 heteroatoms. The smallest absolute Gasteiger partial charge is 0.234 e. The van der Waals surface area contributed by atoms with Gasteiger partial charge < -0.3 is 9.88 Å². The maximum atomic E-state index is 13.1. The van der Waals surface area contributed by atoms with Crippen LogP contribution in [0.1, 0.15) is 5.56 Å². The normalized spacial score (nSPS) is 10.7. The minimum Gasteiger partial charge on any atom is -0.325 e. The summed E-state index contributed by atoms with van der Waals surface area (Å²) in [6.07, 6.45) is 1.73. The van der Waals surface area contributed by atoms with Crippen molar-refractivity contribution in [1.82, 2.24) is 9.55 Å². The topological polar surface area (TPSA) is 46.9 Å². The Morgan fingerprint density at radius 3 is 2.64 bits per heavy atom. The Morgan fingerprint density at radius 1 is 1.20 bits per heavy atom. The van der Waals surface area contributed by atoms with E-state index in [0.29, 0.717) is 0 Å². The predicted octanol–water partition coefficient (Wildman–Crippen LogP) is 4.27. The number of halogens is 1.